The lowest BCUT2D eigenvalue weighted by molar-refractivity contribution is -0.155. The predicted octanol–water partition coefficient (Wildman–Crippen LogP) is 3.23. The van der Waals surface area contributed by atoms with Gasteiger partial charge in [0.05, 0.1) is 11.9 Å². The Hall–Kier alpha value is -3.35. The Labute approximate surface area is 174 Å². The maximum absolute atomic E-state index is 12.3. The monoisotopic (exact) mass is 410 g/mol. The zero-order chi connectivity index (χ0) is 21.5. The van der Waals surface area contributed by atoms with E-state index in [4.69, 9.17) is 9.15 Å². The van der Waals surface area contributed by atoms with E-state index in [2.05, 4.69) is 12.2 Å². The number of amides is 1. The van der Waals surface area contributed by atoms with Crippen LogP contribution in [0.15, 0.2) is 63.8 Å². The highest BCUT2D eigenvalue weighted by Crippen LogP contribution is 2.18. The standard InChI is InChI=1S/C23H26N2O5/c1-3-17(18-9-5-4-6-10-18)15-24-22(27)16(2)29-21(26)13-14-25-19-11-7-8-12-20(19)30-23(25)28/h4-12,16-17H,3,13-15H2,1-2H3,(H,24,27)/t16-,17-/m0/s1. The van der Waals surface area contributed by atoms with Gasteiger partial charge in [-0.15, -0.1) is 0 Å². The molecule has 1 amide bonds. The van der Waals surface area contributed by atoms with Crippen LogP contribution in [0.4, 0.5) is 0 Å². The molecule has 158 valence electrons. The van der Waals surface area contributed by atoms with E-state index >= 15 is 0 Å². The lowest BCUT2D eigenvalue weighted by Crippen LogP contribution is -2.38. The summed E-state index contributed by atoms with van der Waals surface area (Å²) in [6.45, 7) is 4.19. The van der Waals surface area contributed by atoms with Gasteiger partial charge in [-0.25, -0.2) is 4.79 Å². The van der Waals surface area contributed by atoms with Crippen molar-refractivity contribution in [3.05, 3.63) is 70.7 Å². The molecule has 2 aromatic carbocycles. The lowest BCUT2D eigenvalue weighted by Gasteiger charge is -2.18. The van der Waals surface area contributed by atoms with E-state index in [1.54, 1.807) is 24.3 Å². The van der Waals surface area contributed by atoms with Crippen LogP contribution in [-0.2, 0) is 20.9 Å². The molecule has 30 heavy (non-hydrogen) atoms. The van der Waals surface area contributed by atoms with E-state index in [9.17, 15) is 14.4 Å². The van der Waals surface area contributed by atoms with Gasteiger partial charge in [0.1, 0.15) is 0 Å². The third kappa shape index (κ3) is 5.17. The number of fused-ring (bicyclic) bond motifs is 1. The first-order chi connectivity index (χ1) is 14.5. The zero-order valence-electron chi connectivity index (χ0n) is 17.2. The summed E-state index contributed by atoms with van der Waals surface area (Å²) in [5, 5.41) is 2.85. The molecule has 7 heteroatoms. The molecule has 0 bridgehead atoms. The van der Waals surface area contributed by atoms with Crippen LogP contribution in [0.5, 0.6) is 0 Å². The van der Waals surface area contributed by atoms with Crippen LogP contribution in [-0.4, -0.2) is 29.1 Å². The van der Waals surface area contributed by atoms with Gasteiger partial charge >= 0.3 is 11.7 Å². The van der Waals surface area contributed by atoms with Crippen LogP contribution in [0.3, 0.4) is 0 Å². The van der Waals surface area contributed by atoms with E-state index in [1.165, 1.54) is 11.5 Å². The van der Waals surface area contributed by atoms with E-state index < -0.39 is 17.8 Å². The number of hydrogen-bond acceptors (Lipinski definition) is 5. The van der Waals surface area contributed by atoms with Crippen molar-refractivity contribution in [3.8, 4) is 0 Å². The van der Waals surface area contributed by atoms with Gasteiger partial charge < -0.3 is 14.5 Å². The van der Waals surface area contributed by atoms with Gasteiger partial charge in [0, 0.05) is 19.0 Å². The maximum atomic E-state index is 12.3. The summed E-state index contributed by atoms with van der Waals surface area (Å²) in [7, 11) is 0. The number of rotatable bonds is 9. The molecule has 0 unspecified atom stereocenters. The van der Waals surface area contributed by atoms with Gasteiger partial charge in [-0.2, -0.15) is 0 Å². The summed E-state index contributed by atoms with van der Waals surface area (Å²) in [5.41, 5.74) is 2.24. The SMILES string of the molecule is CC[C@@H](CNC(=O)[C@H](C)OC(=O)CCn1c(=O)oc2ccccc21)c1ccccc1. The Kier molecular flexibility index (Phi) is 7.06. The number of ether oxygens (including phenoxy) is 1. The lowest BCUT2D eigenvalue weighted by atomic mass is 9.96. The smallest absolute Gasteiger partial charge is 0.419 e. The minimum absolute atomic E-state index is 0.0390. The molecule has 2 atom stereocenters. The van der Waals surface area contributed by atoms with Gasteiger partial charge in [-0.3, -0.25) is 14.2 Å². The number of esters is 1. The molecule has 3 aromatic rings. The van der Waals surface area contributed by atoms with Crippen LogP contribution in [0.2, 0.25) is 0 Å². The van der Waals surface area contributed by atoms with Crippen LogP contribution < -0.4 is 11.1 Å². The molecule has 0 fully saturated rings. The number of aromatic nitrogens is 1. The summed E-state index contributed by atoms with van der Waals surface area (Å²) in [4.78, 5) is 36.5. The minimum atomic E-state index is -0.913. The molecule has 1 aromatic heterocycles. The number of aryl methyl sites for hydroxylation is 1. The number of carbonyl (C=O) groups is 2. The fraction of sp³-hybridized carbons (Fsp3) is 0.348. The number of benzene rings is 2. The first-order valence-electron chi connectivity index (χ1n) is 10.1. The van der Waals surface area contributed by atoms with E-state index in [0.717, 1.165) is 12.0 Å². The number of carbonyl (C=O) groups excluding carboxylic acids is 2. The third-order valence-corrected chi connectivity index (χ3v) is 5.08. The molecule has 1 N–H and O–H groups in total. The van der Waals surface area contributed by atoms with Crippen molar-refractivity contribution in [2.75, 3.05) is 6.54 Å². The topological polar surface area (TPSA) is 90.5 Å². The van der Waals surface area contributed by atoms with Gasteiger partial charge in [0.2, 0.25) is 0 Å². The molecular formula is C23H26N2O5. The van der Waals surface area contributed by atoms with Crippen LogP contribution in [0.1, 0.15) is 38.2 Å². The highest BCUT2D eigenvalue weighted by molar-refractivity contribution is 5.83. The minimum Gasteiger partial charge on any atom is -0.452 e. The van der Waals surface area contributed by atoms with Crippen molar-refractivity contribution < 1.29 is 18.7 Å². The largest absolute Gasteiger partial charge is 0.452 e. The van der Waals surface area contributed by atoms with Crippen LogP contribution >= 0.6 is 0 Å². The van der Waals surface area contributed by atoms with Crippen molar-refractivity contribution in [2.24, 2.45) is 0 Å². The molecule has 3 rings (SSSR count). The molecule has 0 spiro atoms. The van der Waals surface area contributed by atoms with Crippen LogP contribution in [0, 0.1) is 0 Å². The molecule has 0 saturated carbocycles. The summed E-state index contributed by atoms with van der Waals surface area (Å²) in [6.07, 6.45) is -0.0715. The highest BCUT2D eigenvalue weighted by atomic mass is 16.5. The molecule has 0 saturated heterocycles. The number of nitrogens with one attached hydrogen (secondary N) is 1. The number of oxazole rings is 1. The summed E-state index contributed by atoms with van der Waals surface area (Å²) < 4.78 is 11.8. The van der Waals surface area contributed by atoms with Crippen molar-refractivity contribution in [1.29, 1.82) is 0 Å². The van der Waals surface area contributed by atoms with Crippen molar-refractivity contribution in [2.45, 2.75) is 45.3 Å². The Bertz CT molecular complexity index is 1050. The summed E-state index contributed by atoms with van der Waals surface area (Å²) in [6, 6.07) is 17.0. The fourth-order valence-corrected chi connectivity index (χ4v) is 3.33. The van der Waals surface area contributed by atoms with Gasteiger partial charge in [-0.05, 0) is 31.0 Å². The van der Waals surface area contributed by atoms with E-state index in [-0.39, 0.29) is 24.8 Å². The van der Waals surface area contributed by atoms with Gasteiger partial charge in [-0.1, -0.05) is 49.4 Å². The van der Waals surface area contributed by atoms with E-state index in [0.29, 0.717) is 17.6 Å². The summed E-state index contributed by atoms with van der Waals surface area (Å²) >= 11 is 0. The fourth-order valence-electron chi connectivity index (χ4n) is 3.33. The van der Waals surface area contributed by atoms with Gasteiger partial charge in [0.15, 0.2) is 11.7 Å². The number of hydrogen-bond donors (Lipinski definition) is 1. The second-order valence-corrected chi connectivity index (χ2v) is 7.13. The molecule has 0 aliphatic rings. The Morgan fingerprint density at radius 2 is 1.80 bits per heavy atom. The molecule has 0 radical (unpaired) electrons. The predicted molar refractivity (Wildman–Crippen MR) is 113 cm³/mol. The summed E-state index contributed by atoms with van der Waals surface area (Å²) in [5.74, 6) is -1.23. The third-order valence-electron chi connectivity index (χ3n) is 5.08. The molecule has 7 nitrogen and oxygen atoms in total. The zero-order valence-corrected chi connectivity index (χ0v) is 17.2. The maximum Gasteiger partial charge on any atom is 0.419 e. The molecule has 1 heterocycles. The normalized spacial score (nSPS) is 13.0. The van der Waals surface area contributed by atoms with Crippen molar-refractivity contribution >= 4 is 23.0 Å². The molecule has 0 aliphatic heterocycles. The van der Waals surface area contributed by atoms with Crippen LogP contribution in [0.25, 0.3) is 11.1 Å². The van der Waals surface area contributed by atoms with Crippen molar-refractivity contribution in [1.82, 2.24) is 9.88 Å². The quantitative estimate of drug-likeness (QED) is 0.547. The highest BCUT2D eigenvalue weighted by Gasteiger charge is 2.20. The first-order valence-corrected chi connectivity index (χ1v) is 10.1. The molecular weight excluding hydrogens is 384 g/mol. The number of nitrogens with zero attached hydrogens (tertiary/aromatic N) is 1. The first kappa shape index (κ1) is 21.4. The Morgan fingerprint density at radius 1 is 1.10 bits per heavy atom. The average molecular weight is 410 g/mol. The molecule has 0 aliphatic carbocycles. The number of para-hydroxylation sites is 2. The average Bonchev–Trinajstić information content (AvgIpc) is 3.08. The van der Waals surface area contributed by atoms with Gasteiger partial charge in [0.25, 0.3) is 5.91 Å². The Balaban J connectivity index is 1.49. The second kappa shape index (κ2) is 9.91. The van der Waals surface area contributed by atoms with Crippen molar-refractivity contribution in [3.63, 3.8) is 0 Å². The van der Waals surface area contributed by atoms with E-state index in [1.807, 2.05) is 30.3 Å². The second-order valence-electron chi connectivity index (χ2n) is 7.13. The Morgan fingerprint density at radius 3 is 2.53 bits per heavy atom.